The first-order valence-electron chi connectivity index (χ1n) is 9.37. The van der Waals surface area contributed by atoms with Gasteiger partial charge >= 0.3 is 0 Å². The fourth-order valence-corrected chi connectivity index (χ4v) is 4.26. The van der Waals surface area contributed by atoms with Crippen molar-refractivity contribution >= 4 is 33.7 Å². The van der Waals surface area contributed by atoms with Gasteiger partial charge in [0.2, 0.25) is 0 Å². The molecule has 2 aliphatic rings. The van der Waals surface area contributed by atoms with E-state index in [9.17, 15) is 18.4 Å². The molecule has 30 heavy (non-hydrogen) atoms. The van der Waals surface area contributed by atoms with Gasteiger partial charge in [0.05, 0.1) is 5.75 Å². The van der Waals surface area contributed by atoms with E-state index in [0.717, 1.165) is 24.6 Å². The summed E-state index contributed by atoms with van der Waals surface area (Å²) in [6.45, 7) is 1.41. The first-order valence-corrected chi connectivity index (χ1v) is 11.5. The van der Waals surface area contributed by atoms with Crippen LogP contribution in [-0.4, -0.2) is 25.4 Å². The third-order valence-corrected chi connectivity index (χ3v) is 6.26. The van der Waals surface area contributed by atoms with Crippen LogP contribution in [0.4, 0.5) is 0 Å². The zero-order valence-corrected chi connectivity index (χ0v) is 18.0. The van der Waals surface area contributed by atoms with Crippen LogP contribution in [0.25, 0.3) is 0 Å². The van der Waals surface area contributed by atoms with E-state index in [1.54, 1.807) is 24.3 Å². The van der Waals surface area contributed by atoms with E-state index in [-0.39, 0.29) is 22.4 Å². The van der Waals surface area contributed by atoms with Crippen LogP contribution in [0.2, 0.25) is 0 Å². The van der Waals surface area contributed by atoms with E-state index in [2.05, 4.69) is 6.08 Å². The van der Waals surface area contributed by atoms with Gasteiger partial charge in [-0.2, -0.15) is 0 Å². The Morgan fingerprint density at radius 1 is 1.23 bits per heavy atom. The summed E-state index contributed by atoms with van der Waals surface area (Å²) in [5, 5.41) is -1.08. The van der Waals surface area contributed by atoms with Crippen LogP contribution < -0.4 is 0 Å². The lowest BCUT2D eigenvalue weighted by Crippen LogP contribution is -2.14. The lowest BCUT2D eigenvalue weighted by atomic mass is 10.0. The summed E-state index contributed by atoms with van der Waals surface area (Å²) in [6.07, 6.45) is 11.4. The quantitative estimate of drug-likeness (QED) is 0.453. The summed E-state index contributed by atoms with van der Waals surface area (Å²) >= 11 is -1.31. The van der Waals surface area contributed by atoms with E-state index in [1.165, 1.54) is 25.0 Å². The minimum Gasteiger partial charge on any atom is -0.466 e. The standard InChI is InChI=1S/C22H22O6S2/c1-15(23)29-14-20(24)17-7-9-18(10-8-17)22(30(25)26)21-13-27-12-19(28-21)11-16-5-3-2-4-6-16/h2-3,5,7-10,12-13,22H,4,6,11,14H2,1H3,(H,25,26). The maximum atomic E-state index is 12.1. The molecule has 0 radical (unpaired) electrons. The molecule has 8 heteroatoms. The molecule has 0 bridgehead atoms. The molecule has 1 N–H and O–H groups in total. The molecule has 158 valence electrons. The second-order valence-electron chi connectivity index (χ2n) is 6.79. The maximum absolute atomic E-state index is 12.1. The highest BCUT2D eigenvalue weighted by Gasteiger charge is 2.28. The van der Waals surface area contributed by atoms with Crippen LogP contribution in [0.5, 0.6) is 0 Å². The van der Waals surface area contributed by atoms with E-state index in [4.69, 9.17) is 9.47 Å². The highest BCUT2D eigenvalue weighted by molar-refractivity contribution is 8.14. The number of carbonyl (C=O) groups is 2. The van der Waals surface area contributed by atoms with Crippen molar-refractivity contribution in [3.63, 3.8) is 0 Å². The van der Waals surface area contributed by atoms with Gasteiger partial charge in [0.25, 0.3) is 0 Å². The summed E-state index contributed by atoms with van der Waals surface area (Å²) in [5.74, 6) is 0.676. The van der Waals surface area contributed by atoms with E-state index in [0.29, 0.717) is 23.3 Å². The first-order chi connectivity index (χ1) is 14.4. The Labute approximate surface area is 182 Å². The number of hydrogen-bond donors (Lipinski definition) is 1. The zero-order valence-electron chi connectivity index (χ0n) is 16.4. The number of thioether (sulfide) groups is 1. The lowest BCUT2D eigenvalue weighted by molar-refractivity contribution is -0.109. The normalized spacial score (nSPS) is 17.6. The number of Topliss-reactive ketones (excluding diaryl/α,β-unsaturated/α-hetero) is 1. The number of ketones is 1. The maximum Gasteiger partial charge on any atom is 0.186 e. The number of benzene rings is 1. The minimum absolute atomic E-state index is 0.0609. The second kappa shape index (κ2) is 10.6. The Balaban J connectivity index is 1.71. The van der Waals surface area contributed by atoms with Crippen LogP contribution >= 0.6 is 11.8 Å². The highest BCUT2D eigenvalue weighted by atomic mass is 32.2. The lowest BCUT2D eigenvalue weighted by Gasteiger charge is -2.23. The van der Waals surface area contributed by atoms with Crippen molar-refractivity contribution < 1.29 is 27.8 Å². The molecule has 0 aromatic heterocycles. The van der Waals surface area contributed by atoms with Gasteiger partial charge in [-0.15, -0.1) is 0 Å². The minimum atomic E-state index is -2.26. The van der Waals surface area contributed by atoms with Crippen molar-refractivity contribution in [1.82, 2.24) is 0 Å². The van der Waals surface area contributed by atoms with Gasteiger partial charge in [-0.25, -0.2) is 4.21 Å². The summed E-state index contributed by atoms with van der Waals surface area (Å²) in [4.78, 5) is 23.2. The zero-order chi connectivity index (χ0) is 21.5. The SMILES string of the molecule is CC(=O)SCC(=O)c1ccc(C(C2=COC=C(CC3=CC=CCC3)O2)S(=O)O)cc1. The number of allylic oxidation sites excluding steroid dienone is 4. The van der Waals surface area contributed by atoms with Gasteiger partial charge in [-0.3, -0.25) is 9.59 Å². The fourth-order valence-electron chi connectivity index (χ4n) is 3.07. The molecule has 1 heterocycles. The smallest absolute Gasteiger partial charge is 0.186 e. The van der Waals surface area contributed by atoms with Crippen molar-refractivity contribution in [2.24, 2.45) is 0 Å². The predicted octanol–water partition coefficient (Wildman–Crippen LogP) is 4.81. The Kier molecular flexibility index (Phi) is 7.84. The number of hydrogen-bond acceptors (Lipinski definition) is 6. The van der Waals surface area contributed by atoms with Crippen LogP contribution in [0.1, 0.15) is 47.4 Å². The molecule has 2 atom stereocenters. The number of ether oxygens (including phenoxy) is 2. The number of rotatable bonds is 8. The molecule has 2 unspecified atom stereocenters. The molecule has 1 aliphatic heterocycles. The van der Waals surface area contributed by atoms with Crippen molar-refractivity contribution in [1.29, 1.82) is 0 Å². The fraction of sp³-hybridized carbons (Fsp3) is 0.273. The van der Waals surface area contributed by atoms with Gasteiger partial charge in [0, 0.05) is 18.9 Å². The molecule has 0 amide bonds. The molecule has 1 aliphatic carbocycles. The van der Waals surface area contributed by atoms with Crippen molar-refractivity contribution in [2.45, 2.75) is 31.4 Å². The second-order valence-corrected chi connectivity index (χ2v) is 8.97. The van der Waals surface area contributed by atoms with Crippen LogP contribution in [-0.2, 0) is 25.3 Å². The Morgan fingerprint density at radius 3 is 2.63 bits per heavy atom. The monoisotopic (exact) mass is 446 g/mol. The summed E-state index contributed by atoms with van der Waals surface area (Å²) in [5.41, 5.74) is 2.15. The summed E-state index contributed by atoms with van der Waals surface area (Å²) < 4.78 is 33.2. The van der Waals surface area contributed by atoms with Gasteiger partial charge in [-0.05, 0) is 18.4 Å². The third kappa shape index (κ3) is 6.04. The van der Waals surface area contributed by atoms with Crippen molar-refractivity contribution in [2.75, 3.05) is 5.75 Å². The first kappa shape index (κ1) is 22.3. The molecule has 3 rings (SSSR count). The molecule has 1 aromatic carbocycles. The third-order valence-electron chi connectivity index (χ3n) is 4.54. The van der Waals surface area contributed by atoms with Gasteiger partial charge in [-0.1, -0.05) is 59.8 Å². The molecule has 0 saturated carbocycles. The average molecular weight is 447 g/mol. The van der Waals surface area contributed by atoms with Crippen LogP contribution in [0.15, 0.2) is 72.1 Å². The van der Waals surface area contributed by atoms with Crippen molar-refractivity contribution in [3.8, 4) is 0 Å². The van der Waals surface area contributed by atoms with E-state index in [1.807, 2.05) is 12.2 Å². The molecule has 0 fully saturated rings. The van der Waals surface area contributed by atoms with Gasteiger partial charge in [0.1, 0.15) is 23.5 Å². The average Bonchev–Trinajstić information content (AvgIpc) is 2.73. The van der Waals surface area contributed by atoms with Gasteiger partial charge < -0.3 is 14.0 Å². The molecule has 0 saturated heterocycles. The Bertz CT molecular complexity index is 956. The van der Waals surface area contributed by atoms with Gasteiger partial charge in [0.15, 0.2) is 27.7 Å². The van der Waals surface area contributed by atoms with E-state index < -0.39 is 16.3 Å². The largest absolute Gasteiger partial charge is 0.466 e. The number of carbonyl (C=O) groups excluding carboxylic acids is 2. The summed E-state index contributed by atoms with van der Waals surface area (Å²) in [6, 6.07) is 6.39. The molecule has 6 nitrogen and oxygen atoms in total. The Hall–Kier alpha value is -2.42. The van der Waals surface area contributed by atoms with Crippen LogP contribution in [0.3, 0.4) is 0 Å². The predicted molar refractivity (Wildman–Crippen MR) is 117 cm³/mol. The van der Waals surface area contributed by atoms with Crippen LogP contribution in [0, 0.1) is 0 Å². The van der Waals surface area contributed by atoms with E-state index >= 15 is 0 Å². The molecular weight excluding hydrogens is 424 g/mol. The highest BCUT2D eigenvalue weighted by Crippen LogP contribution is 2.34. The molecule has 1 aromatic rings. The molecule has 0 spiro atoms. The topological polar surface area (TPSA) is 89.9 Å². The Morgan fingerprint density at radius 2 is 2.00 bits per heavy atom. The summed E-state index contributed by atoms with van der Waals surface area (Å²) in [7, 11) is 0. The van der Waals surface area contributed by atoms with Crippen molar-refractivity contribution in [3.05, 3.63) is 83.2 Å². The molecular formula is C22H22O6S2.